The van der Waals surface area contributed by atoms with E-state index in [1.165, 1.54) is 24.8 Å². The number of aromatic nitrogens is 4. The molecule has 2 heterocycles. The van der Waals surface area contributed by atoms with Gasteiger partial charge in [0.15, 0.2) is 5.65 Å². The minimum atomic E-state index is -4.10. The minimum absolute atomic E-state index is 0.0339. The molecule has 2 aromatic carbocycles. The van der Waals surface area contributed by atoms with E-state index in [9.17, 15) is 13.2 Å². The number of hydrogen-bond donors (Lipinski definition) is 1. The summed E-state index contributed by atoms with van der Waals surface area (Å²) in [4.78, 5) is 15.0. The van der Waals surface area contributed by atoms with Crippen molar-refractivity contribution in [1.82, 2.24) is 19.8 Å². The van der Waals surface area contributed by atoms with Crippen molar-refractivity contribution in [3.8, 4) is 11.5 Å². The van der Waals surface area contributed by atoms with Crippen molar-refractivity contribution in [2.24, 2.45) is 0 Å². The second-order valence-electron chi connectivity index (χ2n) is 6.15. The maximum Gasteiger partial charge on any atom is 0.259 e. The Kier molecular flexibility index (Phi) is 4.07. The molecule has 4 rings (SSSR count). The fourth-order valence-corrected chi connectivity index (χ4v) is 4.40. The standard InChI is InChI=1S/C18H16N4O5S/c1-10-4-7-15(14(8-10)27-3)28(24,25)18-16-19-17(23)12-6-5-11(26-2)9-13(12)22(16)21-20-18/h4-9H,1-3H3,(H,19,23). The number of H-pyrrole nitrogens is 1. The zero-order chi connectivity index (χ0) is 20.1. The molecule has 4 aromatic rings. The van der Waals surface area contributed by atoms with Crippen molar-refractivity contribution in [2.75, 3.05) is 14.2 Å². The lowest BCUT2D eigenvalue weighted by atomic mass is 10.2. The molecule has 0 amide bonds. The summed E-state index contributed by atoms with van der Waals surface area (Å²) in [5.41, 5.74) is 0.728. The van der Waals surface area contributed by atoms with Gasteiger partial charge in [0.25, 0.3) is 5.56 Å². The number of aryl methyl sites for hydroxylation is 1. The zero-order valence-corrected chi connectivity index (χ0v) is 16.1. The van der Waals surface area contributed by atoms with Crippen molar-refractivity contribution in [1.29, 1.82) is 0 Å². The number of nitrogens with zero attached hydrogens (tertiary/aromatic N) is 3. The van der Waals surface area contributed by atoms with E-state index in [0.717, 1.165) is 5.56 Å². The first-order valence-electron chi connectivity index (χ1n) is 8.22. The quantitative estimate of drug-likeness (QED) is 0.554. The smallest absolute Gasteiger partial charge is 0.259 e. The second kappa shape index (κ2) is 6.34. The lowest BCUT2D eigenvalue weighted by molar-refractivity contribution is 0.402. The van der Waals surface area contributed by atoms with Crippen LogP contribution in [0.3, 0.4) is 0 Å². The van der Waals surface area contributed by atoms with Crippen molar-refractivity contribution in [3.05, 3.63) is 52.3 Å². The molecular weight excluding hydrogens is 384 g/mol. The Morgan fingerprint density at radius 3 is 2.57 bits per heavy atom. The summed E-state index contributed by atoms with van der Waals surface area (Å²) in [6.45, 7) is 1.82. The van der Waals surface area contributed by atoms with E-state index in [2.05, 4.69) is 15.3 Å². The SMILES string of the molecule is COc1ccc2c(=O)[nH]c3c(S(=O)(=O)c4ccc(C)cc4OC)nnn3c2c1. The first-order valence-corrected chi connectivity index (χ1v) is 9.70. The summed E-state index contributed by atoms with van der Waals surface area (Å²) in [5.74, 6) is 0.686. The molecule has 0 atom stereocenters. The number of methoxy groups -OCH3 is 2. The van der Waals surface area contributed by atoms with Crippen molar-refractivity contribution < 1.29 is 17.9 Å². The Morgan fingerprint density at radius 1 is 1.07 bits per heavy atom. The topological polar surface area (TPSA) is 116 Å². The van der Waals surface area contributed by atoms with E-state index in [1.54, 1.807) is 30.3 Å². The summed E-state index contributed by atoms with van der Waals surface area (Å²) in [6, 6.07) is 9.51. The van der Waals surface area contributed by atoms with Crippen LogP contribution in [0, 0.1) is 6.92 Å². The van der Waals surface area contributed by atoms with E-state index >= 15 is 0 Å². The summed E-state index contributed by atoms with van der Waals surface area (Å²) in [5, 5.41) is 7.76. The van der Waals surface area contributed by atoms with E-state index in [1.807, 2.05) is 6.92 Å². The maximum atomic E-state index is 13.2. The molecule has 0 radical (unpaired) electrons. The zero-order valence-electron chi connectivity index (χ0n) is 15.3. The third-order valence-corrected chi connectivity index (χ3v) is 6.11. The number of nitrogens with one attached hydrogen (secondary N) is 1. The van der Waals surface area contributed by atoms with Crippen LogP contribution in [0.4, 0.5) is 0 Å². The van der Waals surface area contributed by atoms with Gasteiger partial charge in [0.2, 0.25) is 14.9 Å². The summed E-state index contributed by atoms with van der Waals surface area (Å²) in [6.07, 6.45) is 0. The predicted octanol–water partition coefficient (Wildman–Crippen LogP) is 1.73. The molecule has 0 aliphatic heterocycles. The lowest BCUT2D eigenvalue weighted by Gasteiger charge is -2.09. The molecule has 0 aliphatic rings. The van der Waals surface area contributed by atoms with E-state index in [0.29, 0.717) is 16.7 Å². The van der Waals surface area contributed by atoms with E-state index in [4.69, 9.17) is 9.47 Å². The first kappa shape index (κ1) is 18.0. The first-order chi connectivity index (χ1) is 13.4. The van der Waals surface area contributed by atoms with Crippen molar-refractivity contribution >= 4 is 26.4 Å². The molecule has 0 fully saturated rings. The molecule has 1 N–H and O–H groups in total. The third kappa shape index (κ3) is 2.61. The van der Waals surface area contributed by atoms with E-state index in [-0.39, 0.29) is 21.3 Å². The highest BCUT2D eigenvalue weighted by molar-refractivity contribution is 7.91. The molecule has 144 valence electrons. The molecule has 0 aliphatic carbocycles. The number of benzene rings is 2. The number of rotatable bonds is 4. The molecule has 0 unspecified atom stereocenters. The van der Waals surface area contributed by atoms with Crippen LogP contribution in [-0.2, 0) is 9.84 Å². The van der Waals surface area contributed by atoms with Crippen LogP contribution >= 0.6 is 0 Å². The van der Waals surface area contributed by atoms with Gasteiger partial charge in [-0.15, -0.1) is 5.10 Å². The Balaban J connectivity index is 2.04. The molecule has 0 saturated heterocycles. The van der Waals surface area contributed by atoms with Crippen molar-refractivity contribution in [2.45, 2.75) is 16.8 Å². The summed E-state index contributed by atoms with van der Waals surface area (Å²) in [7, 11) is -1.22. The van der Waals surface area contributed by atoms with Crippen LogP contribution in [0.1, 0.15) is 5.56 Å². The maximum absolute atomic E-state index is 13.2. The number of hydrogen-bond acceptors (Lipinski definition) is 7. The summed E-state index contributed by atoms with van der Waals surface area (Å²) < 4.78 is 38.1. The third-order valence-electron chi connectivity index (χ3n) is 4.41. The largest absolute Gasteiger partial charge is 0.497 e. The van der Waals surface area contributed by atoms with Gasteiger partial charge in [-0.2, -0.15) is 4.52 Å². The Morgan fingerprint density at radius 2 is 1.86 bits per heavy atom. The molecule has 0 saturated carbocycles. The van der Waals surface area contributed by atoms with Crippen LogP contribution < -0.4 is 15.0 Å². The van der Waals surface area contributed by atoms with Gasteiger partial charge in [0.1, 0.15) is 16.4 Å². The molecule has 10 heteroatoms. The highest BCUT2D eigenvalue weighted by Gasteiger charge is 2.29. The normalized spacial score (nSPS) is 11.8. The molecule has 9 nitrogen and oxygen atoms in total. The highest BCUT2D eigenvalue weighted by Crippen LogP contribution is 2.31. The van der Waals surface area contributed by atoms with Gasteiger partial charge in [0.05, 0.1) is 25.1 Å². The van der Waals surface area contributed by atoms with Crippen LogP contribution in [0.5, 0.6) is 11.5 Å². The van der Waals surface area contributed by atoms with Gasteiger partial charge < -0.3 is 14.5 Å². The predicted molar refractivity (Wildman–Crippen MR) is 101 cm³/mol. The van der Waals surface area contributed by atoms with E-state index < -0.39 is 15.4 Å². The van der Waals surface area contributed by atoms with Gasteiger partial charge in [-0.3, -0.25) is 4.79 Å². The monoisotopic (exact) mass is 400 g/mol. The number of sulfone groups is 1. The van der Waals surface area contributed by atoms with Gasteiger partial charge in [-0.05, 0) is 36.8 Å². The Labute approximate surface area is 159 Å². The molecule has 2 aromatic heterocycles. The van der Waals surface area contributed by atoms with Crippen LogP contribution in [0.25, 0.3) is 16.6 Å². The second-order valence-corrected chi connectivity index (χ2v) is 7.98. The average molecular weight is 400 g/mol. The van der Waals surface area contributed by atoms with Gasteiger partial charge in [-0.25, -0.2) is 8.42 Å². The number of aromatic amines is 1. The number of fused-ring (bicyclic) bond motifs is 3. The Bertz CT molecular complexity index is 1390. The van der Waals surface area contributed by atoms with Gasteiger partial charge in [-0.1, -0.05) is 11.3 Å². The van der Waals surface area contributed by atoms with Crippen LogP contribution in [0.2, 0.25) is 0 Å². The number of ether oxygens (including phenoxy) is 2. The van der Waals surface area contributed by atoms with Crippen molar-refractivity contribution in [3.63, 3.8) is 0 Å². The van der Waals surface area contributed by atoms with Gasteiger partial charge in [0, 0.05) is 6.07 Å². The average Bonchev–Trinajstić information content (AvgIpc) is 3.12. The fourth-order valence-electron chi connectivity index (χ4n) is 3.01. The van der Waals surface area contributed by atoms with Crippen LogP contribution in [0.15, 0.2) is 51.1 Å². The van der Waals surface area contributed by atoms with Gasteiger partial charge >= 0.3 is 0 Å². The summed E-state index contributed by atoms with van der Waals surface area (Å²) >= 11 is 0. The van der Waals surface area contributed by atoms with Crippen LogP contribution in [-0.4, -0.2) is 42.4 Å². The molecular formula is C18H16N4O5S. The molecule has 0 bridgehead atoms. The molecule has 28 heavy (non-hydrogen) atoms. The highest BCUT2D eigenvalue weighted by atomic mass is 32.2. The Hall–Kier alpha value is -3.40. The fraction of sp³-hybridized carbons (Fsp3) is 0.167. The lowest BCUT2D eigenvalue weighted by Crippen LogP contribution is -2.12. The molecule has 0 spiro atoms. The minimum Gasteiger partial charge on any atom is -0.497 e.